The van der Waals surface area contributed by atoms with Crippen molar-refractivity contribution in [2.45, 2.75) is 26.3 Å². The van der Waals surface area contributed by atoms with Crippen molar-refractivity contribution in [3.8, 4) is 11.5 Å². The molecular formula is C14H21NO4. The number of carbonyl (C=O) groups is 1. The maximum atomic E-state index is 11.4. The van der Waals surface area contributed by atoms with Crippen LogP contribution in [0.15, 0.2) is 18.2 Å². The number of benzene rings is 1. The summed E-state index contributed by atoms with van der Waals surface area (Å²) in [5, 5.41) is 3.22. The van der Waals surface area contributed by atoms with Gasteiger partial charge in [-0.25, -0.2) is 0 Å². The van der Waals surface area contributed by atoms with Gasteiger partial charge in [-0.3, -0.25) is 4.79 Å². The van der Waals surface area contributed by atoms with Gasteiger partial charge >= 0.3 is 5.97 Å². The van der Waals surface area contributed by atoms with E-state index in [9.17, 15) is 4.79 Å². The van der Waals surface area contributed by atoms with Crippen molar-refractivity contribution >= 4 is 11.7 Å². The SMILES string of the molecule is CCOC(=O)CC(C)Nc1cc(OC)cc(OC)c1. The van der Waals surface area contributed by atoms with Crippen molar-refractivity contribution in [1.82, 2.24) is 0 Å². The number of nitrogens with one attached hydrogen (secondary N) is 1. The molecule has 1 aromatic carbocycles. The standard InChI is InChI=1S/C14H21NO4/c1-5-19-14(16)6-10(2)15-11-7-12(17-3)9-13(8-11)18-4/h7-10,15H,5-6H2,1-4H3. The Kier molecular flexibility index (Phi) is 5.99. The number of anilines is 1. The van der Waals surface area contributed by atoms with E-state index in [1.165, 1.54) is 0 Å². The van der Waals surface area contributed by atoms with E-state index in [4.69, 9.17) is 14.2 Å². The maximum absolute atomic E-state index is 11.4. The second-order valence-electron chi connectivity index (χ2n) is 4.16. The molecule has 0 fully saturated rings. The fraction of sp³-hybridized carbons (Fsp3) is 0.500. The van der Waals surface area contributed by atoms with Gasteiger partial charge in [0.25, 0.3) is 0 Å². The molecule has 5 heteroatoms. The van der Waals surface area contributed by atoms with Crippen LogP contribution < -0.4 is 14.8 Å². The van der Waals surface area contributed by atoms with E-state index in [1.807, 2.05) is 19.1 Å². The second kappa shape index (κ2) is 7.51. The third-order valence-corrected chi connectivity index (χ3v) is 2.54. The smallest absolute Gasteiger partial charge is 0.307 e. The summed E-state index contributed by atoms with van der Waals surface area (Å²) in [6, 6.07) is 5.46. The first kappa shape index (κ1) is 15.1. The number of ether oxygens (including phenoxy) is 3. The van der Waals surface area contributed by atoms with E-state index < -0.39 is 0 Å². The van der Waals surface area contributed by atoms with Crippen molar-refractivity contribution < 1.29 is 19.0 Å². The lowest BCUT2D eigenvalue weighted by Gasteiger charge is -2.16. The molecule has 0 saturated carbocycles. The Balaban J connectivity index is 2.67. The van der Waals surface area contributed by atoms with Gasteiger partial charge in [-0.05, 0) is 13.8 Å². The molecule has 0 aliphatic heterocycles. The van der Waals surface area contributed by atoms with E-state index in [0.717, 1.165) is 5.69 Å². The highest BCUT2D eigenvalue weighted by molar-refractivity contribution is 5.70. The average Bonchev–Trinajstić information content (AvgIpc) is 2.38. The predicted octanol–water partition coefficient (Wildman–Crippen LogP) is 2.46. The molecule has 0 spiro atoms. The minimum absolute atomic E-state index is 0.0316. The summed E-state index contributed by atoms with van der Waals surface area (Å²) in [5.74, 6) is 1.19. The molecule has 106 valence electrons. The lowest BCUT2D eigenvalue weighted by Crippen LogP contribution is -2.21. The third-order valence-electron chi connectivity index (χ3n) is 2.54. The van der Waals surface area contributed by atoms with Crippen LogP contribution in [-0.4, -0.2) is 32.8 Å². The van der Waals surface area contributed by atoms with Crippen LogP contribution in [0.2, 0.25) is 0 Å². The van der Waals surface area contributed by atoms with E-state index >= 15 is 0 Å². The monoisotopic (exact) mass is 267 g/mol. The summed E-state index contributed by atoms with van der Waals surface area (Å²) < 4.78 is 15.3. The number of rotatable bonds is 7. The van der Waals surface area contributed by atoms with Crippen molar-refractivity contribution in [3.63, 3.8) is 0 Å². The molecule has 19 heavy (non-hydrogen) atoms. The van der Waals surface area contributed by atoms with Gasteiger partial charge in [0.05, 0.1) is 27.2 Å². The minimum atomic E-state index is -0.211. The molecule has 1 atom stereocenters. The van der Waals surface area contributed by atoms with Gasteiger partial charge in [0, 0.05) is 29.9 Å². The largest absolute Gasteiger partial charge is 0.497 e. The molecule has 0 aromatic heterocycles. The van der Waals surface area contributed by atoms with Crippen LogP contribution >= 0.6 is 0 Å². The Hall–Kier alpha value is -1.91. The van der Waals surface area contributed by atoms with E-state index in [0.29, 0.717) is 24.5 Å². The summed E-state index contributed by atoms with van der Waals surface area (Å²) >= 11 is 0. The zero-order valence-corrected chi connectivity index (χ0v) is 11.9. The van der Waals surface area contributed by atoms with E-state index in [1.54, 1.807) is 27.2 Å². The van der Waals surface area contributed by atoms with Crippen LogP contribution in [0.1, 0.15) is 20.3 Å². The molecule has 1 aromatic rings. The van der Waals surface area contributed by atoms with Crippen LogP contribution in [0.3, 0.4) is 0 Å². The summed E-state index contributed by atoms with van der Waals surface area (Å²) in [6.07, 6.45) is 0.313. The molecule has 1 unspecified atom stereocenters. The fourth-order valence-corrected chi connectivity index (χ4v) is 1.70. The van der Waals surface area contributed by atoms with Crippen LogP contribution in [0, 0.1) is 0 Å². The molecule has 1 rings (SSSR count). The highest BCUT2D eigenvalue weighted by atomic mass is 16.5. The molecule has 0 radical (unpaired) electrons. The Morgan fingerprint density at radius 2 is 1.79 bits per heavy atom. The van der Waals surface area contributed by atoms with Crippen LogP contribution in [0.5, 0.6) is 11.5 Å². The zero-order valence-electron chi connectivity index (χ0n) is 11.9. The van der Waals surface area contributed by atoms with E-state index in [-0.39, 0.29) is 12.0 Å². The topological polar surface area (TPSA) is 56.8 Å². The summed E-state index contributed by atoms with van der Waals surface area (Å²) in [6.45, 7) is 4.12. The number of esters is 1. The average molecular weight is 267 g/mol. The van der Waals surface area contributed by atoms with Crippen LogP contribution in [-0.2, 0) is 9.53 Å². The molecule has 0 aliphatic rings. The number of hydrogen-bond donors (Lipinski definition) is 1. The third kappa shape index (κ3) is 5.07. The van der Waals surface area contributed by atoms with Crippen LogP contribution in [0.4, 0.5) is 5.69 Å². The predicted molar refractivity (Wildman–Crippen MR) is 73.9 cm³/mol. The summed E-state index contributed by atoms with van der Waals surface area (Å²) in [5.41, 5.74) is 0.841. The van der Waals surface area contributed by atoms with Crippen molar-refractivity contribution in [1.29, 1.82) is 0 Å². The highest BCUT2D eigenvalue weighted by Gasteiger charge is 2.10. The molecule has 0 bridgehead atoms. The minimum Gasteiger partial charge on any atom is -0.497 e. The normalized spacial score (nSPS) is 11.6. The Morgan fingerprint density at radius 3 is 2.26 bits per heavy atom. The first-order valence-corrected chi connectivity index (χ1v) is 6.24. The van der Waals surface area contributed by atoms with Gasteiger partial charge in [-0.15, -0.1) is 0 Å². The van der Waals surface area contributed by atoms with E-state index in [2.05, 4.69) is 5.32 Å². The van der Waals surface area contributed by atoms with Gasteiger partial charge in [-0.2, -0.15) is 0 Å². The highest BCUT2D eigenvalue weighted by Crippen LogP contribution is 2.26. The Morgan fingerprint density at radius 1 is 1.21 bits per heavy atom. The molecular weight excluding hydrogens is 246 g/mol. The van der Waals surface area contributed by atoms with Crippen molar-refractivity contribution in [3.05, 3.63) is 18.2 Å². The fourth-order valence-electron chi connectivity index (χ4n) is 1.70. The molecule has 0 aliphatic carbocycles. The molecule has 0 saturated heterocycles. The summed E-state index contributed by atoms with van der Waals surface area (Å²) in [7, 11) is 3.20. The number of hydrogen-bond acceptors (Lipinski definition) is 5. The Bertz CT molecular complexity index is 398. The van der Waals surface area contributed by atoms with Crippen molar-refractivity contribution in [2.24, 2.45) is 0 Å². The Labute approximate surface area is 113 Å². The molecule has 0 amide bonds. The van der Waals surface area contributed by atoms with Crippen LogP contribution in [0.25, 0.3) is 0 Å². The van der Waals surface area contributed by atoms with Gasteiger partial charge in [-0.1, -0.05) is 0 Å². The number of carbonyl (C=O) groups excluding carboxylic acids is 1. The van der Waals surface area contributed by atoms with Gasteiger partial charge in [0.2, 0.25) is 0 Å². The second-order valence-corrected chi connectivity index (χ2v) is 4.16. The number of methoxy groups -OCH3 is 2. The quantitative estimate of drug-likeness (QED) is 0.769. The summed E-state index contributed by atoms with van der Waals surface area (Å²) in [4.78, 5) is 11.4. The first-order chi connectivity index (χ1) is 9.08. The molecule has 0 heterocycles. The van der Waals surface area contributed by atoms with Gasteiger partial charge in [0.1, 0.15) is 11.5 Å². The first-order valence-electron chi connectivity index (χ1n) is 6.24. The lowest BCUT2D eigenvalue weighted by atomic mass is 10.2. The zero-order chi connectivity index (χ0) is 14.3. The molecule has 5 nitrogen and oxygen atoms in total. The molecule has 1 N–H and O–H groups in total. The van der Waals surface area contributed by atoms with Crippen molar-refractivity contribution in [2.75, 3.05) is 26.1 Å². The maximum Gasteiger partial charge on any atom is 0.307 e. The van der Waals surface area contributed by atoms with Gasteiger partial charge < -0.3 is 19.5 Å². The van der Waals surface area contributed by atoms with Gasteiger partial charge in [0.15, 0.2) is 0 Å². The lowest BCUT2D eigenvalue weighted by molar-refractivity contribution is -0.143.